The number of benzene rings is 1. The first-order valence-corrected chi connectivity index (χ1v) is 6.91. The van der Waals surface area contributed by atoms with E-state index in [0.717, 1.165) is 25.7 Å². The van der Waals surface area contributed by atoms with E-state index in [1.165, 1.54) is 24.6 Å². The monoisotopic (exact) mass is 320 g/mol. The number of carbonyl (C=O) groups is 1. The van der Waals surface area contributed by atoms with Gasteiger partial charge in [0.15, 0.2) is 0 Å². The van der Waals surface area contributed by atoms with E-state index in [2.05, 4.69) is 5.32 Å². The van der Waals surface area contributed by atoms with Gasteiger partial charge in [0.1, 0.15) is 5.82 Å². The van der Waals surface area contributed by atoms with Crippen molar-refractivity contribution in [3.05, 3.63) is 34.6 Å². The SMILES string of the molecule is Cl.NC1(CNC(=O)c2c(F)cccc2Cl)CCCCC1. The minimum Gasteiger partial charge on any atom is -0.350 e. The number of nitrogens with one attached hydrogen (secondary N) is 1. The highest BCUT2D eigenvalue weighted by Crippen LogP contribution is 2.25. The number of hydrogen-bond acceptors (Lipinski definition) is 2. The Kier molecular flexibility index (Phi) is 6.24. The van der Waals surface area contributed by atoms with E-state index in [-0.39, 0.29) is 28.5 Å². The summed E-state index contributed by atoms with van der Waals surface area (Å²) < 4.78 is 13.6. The summed E-state index contributed by atoms with van der Waals surface area (Å²) in [4.78, 5) is 12.0. The van der Waals surface area contributed by atoms with Crippen LogP contribution in [-0.4, -0.2) is 18.0 Å². The van der Waals surface area contributed by atoms with Crippen molar-refractivity contribution in [3.63, 3.8) is 0 Å². The van der Waals surface area contributed by atoms with Gasteiger partial charge in [-0.1, -0.05) is 36.9 Å². The van der Waals surface area contributed by atoms with E-state index in [4.69, 9.17) is 17.3 Å². The molecule has 1 aliphatic carbocycles. The van der Waals surface area contributed by atoms with Crippen LogP contribution in [0.5, 0.6) is 0 Å². The molecule has 1 saturated carbocycles. The number of carbonyl (C=O) groups excluding carboxylic acids is 1. The Labute approximate surface area is 129 Å². The van der Waals surface area contributed by atoms with E-state index < -0.39 is 11.7 Å². The molecule has 0 aromatic heterocycles. The molecular formula is C14H19Cl2FN2O. The Balaban J connectivity index is 0.00000200. The lowest BCUT2D eigenvalue weighted by molar-refractivity contribution is 0.0934. The maximum Gasteiger partial charge on any atom is 0.255 e. The molecule has 3 N–H and O–H groups in total. The van der Waals surface area contributed by atoms with Gasteiger partial charge in [0.2, 0.25) is 0 Å². The smallest absolute Gasteiger partial charge is 0.255 e. The summed E-state index contributed by atoms with van der Waals surface area (Å²) in [6.07, 6.45) is 5.11. The summed E-state index contributed by atoms with van der Waals surface area (Å²) in [5.74, 6) is -1.11. The average Bonchev–Trinajstić information content (AvgIpc) is 2.37. The molecule has 20 heavy (non-hydrogen) atoms. The first-order valence-electron chi connectivity index (χ1n) is 6.53. The number of nitrogens with two attached hydrogens (primary N) is 1. The molecule has 0 heterocycles. The van der Waals surface area contributed by atoms with Crippen LogP contribution in [0.25, 0.3) is 0 Å². The molecule has 0 saturated heterocycles. The highest BCUT2D eigenvalue weighted by atomic mass is 35.5. The molecule has 3 nitrogen and oxygen atoms in total. The second-order valence-electron chi connectivity index (χ2n) is 5.20. The largest absolute Gasteiger partial charge is 0.350 e. The van der Waals surface area contributed by atoms with Crippen LogP contribution in [0.3, 0.4) is 0 Å². The van der Waals surface area contributed by atoms with Gasteiger partial charge < -0.3 is 11.1 Å². The predicted octanol–water partition coefficient (Wildman–Crippen LogP) is 3.29. The molecule has 6 heteroatoms. The van der Waals surface area contributed by atoms with Crippen molar-refractivity contribution < 1.29 is 9.18 Å². The Morgan fingerprint density at radius 2 is 2.00 bits per heavy atom. The first-order chi connectivity index (χ1) is 9.02. The summed E-state index contributed by atoms with van der Waals surface area (Å²) in [6.45, 7) is 0.358. The van der Waals surface area contributed by atoms with Crippen LogP contribution in [-0.2, 0) is 0 Å². The van der Waals surface area contributed by atoms with Gasteiger partial charge in [0, 0.05) is 12.1 Å². The molecule has 112 valence electrons. The van der Waals surface area contributed by atoms with E-state index >= 15 is 0 Å². The molecule has 1 aliphatic rings. The maximum absolute atomic E-state index is 13.6. The lowest BCUT2D eigenvalue weighted by Gasteiger charge is -2.33. The molecule has 1 amide bonds. The topological polar surface area (TPSA) is 55.1 Å². The summed E-state index contributed by atoms with van der Waals surface area (Å²) in [6, 6.07) is 4.19. The van der Waals surface area contributed by atoms with Gasteiger partial charge in [-0.25, -0.2) is 4.39 Å². The van der Waals surface area contributed by atoms with Crippen LogP contribution in [0, 0.1) is 5.82 Å². The molecule has 1 fully saturated rings. The molecule has 0 aliphatic heterocycles. The zero-order valence-corrected chi connectivity index (χ0v) is 12.7. The third-order valence-corrected chi connectivity index (χ3v) is 3.96. The lowest BCUT2D eigenvalue weighted by atomic mass is 9.82. The van der Waals surface area contributed by atoms with Gasteiger partial charge in [0.05, 0.1) is 10.6 Å². The Morgan fingerprint density at radius 1 is 1.35 bits per heavy atom. The fourth-order valence-corrected chi connectivity index (χ4v) is 2.74. The highest BCUT2D eigenvalue weighted by molar-refractivity contribution is 6.33. The van der Waals surface area contributed by atoms with Gasteiger partial charge in [-0.3, -0.25) is 4.79 Å². The Hall–Kier alpha value is -0.840. The van der Waals surface area contributed by atoms with Crippen LogP contribution >= 0.6 is 24.0 Å². The fourth-order valence-electron chi connectivity index (χ4n) is 2.49. The molecule has 0 spiro atoms. The summed E-state index contributed by atoms with van der Waals surface area (Å²) >= 11 is 5.85. The molecule has 1 aromatic carbocycles. The Morgan fingerprint density at radius 3 is 2.60 bits per heavy atom. The van der Waals surface area contributed by atoms with Crippen LogP contribution in [0.15, 0.2) is 18.2 Å². The van der Waals surface area contributed by atoms with E-state index in [9.17, 15) is 9.18 Å². The van der Waals surface area contributed by atoms with Gasteiger partial charge in [-0.2, -0.15) is 0 Å². The van der Waals surface area contributed by atoms with Crippen LogP contribution in [0.1, 0.15) is 42.5 Å². The molecule has 0 radical (unpaired) electrons. The first kappa shape index (κ1) is 17.2. The van der Waals surface area contributed by atoms with Crippen molar-refractivity contribution in [2.45, 2.75) is 37.6 Å². The van der Waals surface area contributed by atoms with Gasteiger partial charge in [-0.05, 0) is 25.0 Å². The third kappa shape index (κ3) is 4.08. The van der Waals surface area contributed by atoms with E-state index in [1.807, 2.05) is 0 Å². The van der Waals surface area contributed by atoms with Crippen LogP contribution < -0.4 is 11.1 Å². The Bertz CT molecular complexity index is 456. The van der Waals surface area contributed by atoms with Crippen molar-refractivity contribution >= 4 is 29.9 Å². The lowest BCUT2D eigenvalue weighted by Crippen LogP contribution is -2.51. The van der Waals surface area contributed by atoms with Gasteiger partial charge >= 0.3 is 0 Å². The normalized spacial score (nSPS) is 17.1. The van der Waals surface area contributed by atoms with E-state index in [1.54, 1.807) is 0 Å². The standard InChI is InChI=1S/C14H18ClFN2O.ClH/c15-10-5-4-6-11(16)12(10)13(19)18-9-14(17)7-2-1-3-8-14;/h4-6H,1-3,7-9,17H2,(H,18,19);1H. The molecule has 0 bridgehead atoms. The van der Waals surface area contributed by atoms with Gasteiger partial charge in [0.25, 0.3) is 5.91 Å². The van der Waals surface area contributed by atoms with Crippen molar-refractivity contribution in [2.24, 2.45) is 5.73 Å². The molecular weight excluding hydrogens is 302 g/mol. The third-order valence-electron chi connectivity index (χ3n) is 3.64. The zero-order valence-electron chi connectivity index (χ0n) is 11.1. The second-order valence-corrected chi connectivity index (χ2v) is 5.61. The number of amides is 1. The number of halogens is 3. The summed E-state index contributed by atoms with van der Waals surface area (Å²) in [5, 5.41) is 2.82. The maximum atomic E-state index is 13.6. The fraction of sp³-hybridized carbons (Fsp3) is 0.500. The second kappa shape index (κ2) is 7.25. The van der Waals surface area contributed by atoms with Crippen LogP contribution in [0.4, 0.5) is 4.39 Å². The minimum atomic E-state index is -0.611. The zero-order chi connectivity index (χ0) is 13.9. The van der Waals surface area contributed by atoms with Crippen LogP contribution in [0.2, 0.25) is 5.02 Å². The number of rotatable bonds is 3. The van der Waals surface area contributed by atoms with Crippen molar-refractivity contribution in [2.75, 3.05) is 6.54 Å². The molecule has 1 aromatic rings. The summed E-state index contributed by atoms with van der Waals surface area (Å²) in [7, 11) is 0. The average molecular weight is 321 g/mol. The molecule has 2 rings (SSSR count). The quantitative estimate of drug-likeness (QED) is 0.897. The minimum absolute atomic E-state index is 0. The van der Waals surface area contributed by atoms with Crippen molar-refractivity contribution in [3.8, 4) is 0 Å². The predicted molar refractivity (Wildman–Crippen MR) is 81.0 cm³/mol. The van der Waals surface area contributed by atoms with E-state index in [0.29, 0.717) is 6.54 Å². The highest BCUT2D eigenvalue weighted by Gasteiger charge is 2.28. The number of hydrogen-bond donors (Lipinski definition) is 2. The van der Waals surface area contributed by atoms with Crippen molar-refractivity contribution in [1.82, 2.24) is 5.32 Å². The molecule has 0 unspecified atom stereocenters. The molecule has 0 atom stereocenters. The summed E-state index contributed by atoms with van der Waals surface area (Å²) in [5.41, 5.74) is 5.74. The van der Waals surface area contributed by atoms with Gasteiger partial charge in [-0.15, -0.1) is 12.4 Å². The van der Waals surface area contributed by atoms with Crippen molar-refractivity contribution in [1.29, 1.82) is 0 Å².